The van der Waals surface area contributed by atoms with E-state index in [9.17, 15) is 4.79 Å². The van der Waals surface area contributed by atoms with Crippen LogP contribution in [0.5, 0.6) is 0 Å². The number of carbonyl (C=O) groups is 1. The van der Waals surface area contributed by atoms with E-state index in [1.54, 1.807) is 22.7 Å². The van der Waals surface area contributed by atoms with Crippen LogP contribution in [-0.4, -0.2) is 34.6 Å². The highest BCUT2D eigenvalue weighted by molar-refractivity contribution is 7.14. The van der Waals surface area contributed by atoms with E-state index in [1.165, 1.54) is 4.88 Å². The molecule has 96 valence electrons. The Kier molecular flexibility index (Phi) is 4.46. The van der Waals surface area contributed by atoms with E-state index in [1.807, 2.05) is 28.8 Å². The first kappa shape index (κ1) is 13.2. The molecular formula is C12H14N2O2S2. The fraction of sp³-hybridized carbons (Fsp3) is 0.333. The van der Waals surface area contributed by atoms with Gasteiger partial charge in [-0.1, -0.05) is 6.07 Å². The van der Waals surface area contributed by atoms with Crippen LogP contribution in [0.2, 0.25) is 0 Å². The normalized spacial score (nSPS) is 11.0. The topological polar surface area (TPSA) is 53.4 Å². The van der Waals surface area contributed by atoms with Crippen LogP contribution >= 0.6 is 22.7 Å². The first-order chi connectivity index (χ1) is 8.65. The number of nitrogens with zero attached hydrogens (tertiary/aromatic N) is 2. The summed E-state index contributed by atoms with van der Waals surface area (Å²) < 4.78 is 0. The van der Waals surface area contributed by atoms with Crippen LogP contribution in [0.4, 0.5) is 0 Å². The van der Waals surface area contributed by atoms with Gasteiger partial charge in [-0.3, -0.25) is 9.69 Å². The molecule has 4 nitrogen and oxygen atoms in total. The molecule has 0 aliphatic carbocycles. The Morgan fingerprint density at radius 2 is 2.33 bits per heavy atom. The Bertz CT molecular complexity index is 508. The summed E-state index contributed by atoms with van der Waals surface area (Å²) in [6.07, 6.45) is 0.166. The van der Waals surface area contributed by atoms with Crippen LogP contribution in [0, 0.1) is 0 Å². The maximum Gasteiger partial charge on any atom is 0.304 e. The summed E-state index contributed by atoms with van der Waals surface area (Å²) in [5.74, 6) is -0.764. The molecule has 6 heteroatoms. The summed E-state index contributed by atoms with van der Waals surface area (Å²) in [6.45, 7) is 1.24. The number of carboxylic acids is 1. The van der Waals surface area contributed by atoms with Gasteiger partial charge in [0, 0.05) is 11.9 Å². The maximum absolute atomic E-state index is 10.5. The molecule has 2 aromatic heterocycles. The van der Waals surface area contributed by atoms with Gasteiger partial charge in [0.25, 0.3) is 0 Å². The summed E-state index contributed by atoms with van der Waals surface area (Å²) in [5.41, 5.74) is 1.01. The minimum absolute atomic E-state index is 0.166. The zero-order chi connectivity index (χ0) is 13.0. The van der Waals surface area contributed by atoms with Gasteiger partial charge in [-0.05, 0) is 18.5 Å². The average Bonchev–Trinajstić information content (AvgIpc) is 2.95. The lowest BCUT2D eigenvalue weighted by Crippen LogP contribution is -2.21. The van der Waals surface area contributed by atoms with Gasteiger partial charge in [0.1, 0.15) is 5.01 Å². The molecule has 0 atom stereocenters. The number of carboxylic acid groups (broad SMARTS) is 1. The fourth-order valence-electron chi connectivity index (χ4n) is 1.52. The third-order valence-corrected chi connectivity index (χ3v) is 4.16. The Hall–Kier alpha value is -1.24. The van der Waals surface area contributed by atoms with Crippen molar-refractivity contribution in [1.82, 2.24) is 9.88 Å². The quantitative estimate of drug-likeness (QED) is 0.885. The molecule has 0 aliphatic heterocycles. The second kappa shape index (κ2) is 6.08. The van der Waals surface area contributed by atoms with Crippen molar-refractivity contribution in [3.05, 3.63) is 27.9 Å². The van der Waals surface area contributed by atoms with Crippen molar-refractivity contribution in [3.63, 3.8) is 0 Å². The first-order valence-corrected chi connectivity index (χ1v) is 7.29. The molecule has 0 saturated heterocycles. The highest BCUT2D eigenvalue weighted by Gasteiger charge is 2.08. The number of hydrogen-bond acceptors (Lipinski definition) is 5. The number of thiazole rings is 1. The molecule has 0 saturated carbocycles. The van der Waals surface area contributed by atoms with Crippen LogP contribution in [0.3, 0.4) is 0 Å². The van der Waals surface area contributed by atoms with Crippen molar-refractivity contribution in [2.24, 2.45) is 0 Å². The smallest absolute Gasteiger partial charge is 0.304 e. The van der Waals surface area contributed by atoms with Crippen LogP contribution in [-0.2, 0) is 11.3 Å². The molecule has 1 N–H and O–H groups in total. The summed E-state index contributed by atoms with van der Waals surface area (Å²) in [6, 6.07) is 4.07. The minimum Gasteiger partial charge on any atom is -0.481 e. The van der Waals surface area contributed by atoms with Crippen molar-refractivity contribution in [2.75, 3.05) is 13.6 Å². The molecule has 0 spiro atoms. The Morgan fingerprint density at radius 3 is 3.00 bits per heavy atom. The molecule has 0 radical (unpaired) electrons. The Labute approximate surface area is 114 Å². The van der Waals surface area contributed by atoms with Crippen molar-refractivity contribution < 1.29 is 9.90 Å². The molecule has 0 aliphatic rings. The van der Waals surface area contributed by atoms with E-state index in [-0.39, 0.29) is 6.42 Å². The summed E-state index contributed by atoms with van der Waals surface area (Å²) in [5, 5.41) is 13.7. The van der Waals surface area contributed by atoms with E-state index in [0.29, 0.717) is 13.1 Å². The number of aromatic nitrogens is 1. The van der Waals surface area contributed by atoms with Gasteiger partial charge in [0.2, 0.25) is 0 Å². The van der Waals surface area contributed by atoms with E-state index >= 15 is 0 Å². The molecule has 0 unspecified atom stereocenters. The molecule has 2 heterocycles. The monoisotopic (exact) mass is 282 g/mol. The lowest BCUT2D eigenvalue weighted by Gasteiger charge is -2.12. The zero-order valence-corrected chi connectivity index (χ0v) is 11.6. The average molecular weight is 282 g/mol. The molecule has 0 amide bonds. The SMILES string of the molecule is CN(CCC(=O)O)Cc1nc(-c2cccs2)cs1. The molecule has 0 bridgehead atoms. The van der Waals surface area contributed by atoms with Gasteiger partial charge in [0.05, 0.1) is 23.5 Å². The number of aliphatic carboxylic acids is 1. The van der Waals surface area contributed by atoms with E-state index < -0.39 is 5.97 Å². The summed E-state index contributed by atoms with van der Waals surface area (Å²) in [7, 11) is 1.91. The third kappa shape index (κ3) is 3.63. The predicted octanol–water partition coefficient (Wildman–Crippen LogP) is 2.78. The summed E-state index contributed by atoms with van der Waals surface area (Å²) in [4.78, 5) is 18.2. The van der Waals surface area contributed by atoms with E-state index in [2.05, 4.69) is 11.1 Å². The van der Waals surface area contributed by atoms with E-state index in [4.69, 9.17) is 5.11 Å². The van der Waals surface area contributed by atoms with Crippen molar-refractivity contribution in [1.29, 1.82) is 0 Å². The predicted molar refractivity (Wildman–Crippen MR) is 74.0 cm³/mol. The largest absolute Gasteiger partial charge is 0.481 e. The van der Waals surface area contributed by atoms with Crippen molar-refractivity contribution in [2.45, 2.75) is 13.0 Å². The van der Waals surface area contributed by atoms with Gasteiger partial charge in [-0.15, -0.1) is 22.7 Å². The zero-order valence-electron chi connectivity index (χ0n) is 10.00. The molecule has 2 aromatic rings. The highest BCUT2D eigenvalue weighted by Crippen LogP contribution is 2.26. The highest BCUT2D eigenvalue weighted by atomic mass is 32.1. The molecule has 0 aromatic carbocycles. The maximum atomic E-state index is 10.5. The van der Waals surface area contributed by atoms with Gasteiger partial charge in [-0.2, -0.15) is 0 Å². The Morgan fingerprint density at radius 1 is 1.50 bits per heavy atom. The molecule has 18 heavy (non-hydrogen) atoms. The summed E-state index contributed by atoms with van der Waals surface area (Å²) >= 11 is 3.29. The van der Waals surface area contributed by atoms with Gasteiger partial charge < -0.3 is 5.11 Å². The van der Waals surface area contributed by atoms with E-state index in [0.717, 1.165) is 10.7 Å². The fourth-order valence-corrected chi connectivity index (χ4v) is 3.15. The van der Waals surface area contributed by atoms with Gasteiger partial charge >= 0.3 is 5.97 Å². The molecule has 0 fully saturated rings. The number of hydrogen-bond donors (Lipinski definition) is 1. The van der Waals surface area contributed by atoms with Crippen LogP contribution < -0.4 is 0 Å². The van der Waals surface area contributed by atoms with Gasteiger partial charge in [-0.25, -0.2) is 4.98 Å². The van der Waals surface area contributed by atoms with Crippen LogP contribution in [0.15, 0.2) is 22.9 Å². The second-order valence-electron chi connectivity index (χ2n) is 3.99. The molecule has 2 rings (SSSR count). The molecular weight excluding hydrogens is 268 g/mol. The standard InChI is InChI=1S/C12H14N2O2S2/c1-14(5-4-12(15)16)7-11-13-9(8-18-11)10-3-2-6-17-10/h2-3,6,8H,4-5,7H2,1H3,(H,15,16). The number of rotatable bonds is 6. The lowest BCUT2D eigenvalue weighted by atomic mass is 10.4. The lowest BCUT2D eigenvalue weighted by molar-refractivity contribution is -0.137. The third-order valence-electron chi connectivity index (χ3n) is 2.44. The van der Waals surface area contributed by atoms with Gasteiger partial charge in [0.15, 0.2) is 0 Å². The van der Waals surface area contributed by atoms with Crippen LogP contribution in [0.25, 0.3) is 10.6 Å². The van der Waals surface area contributed by atoms with Crippen molar-refractivity contribution >= 4 is 28.6 Å². The minimum atomic E-state index is -0.764. The number of thiophene rings is 1. The van der Waals surface area contributed by atoms with Crippen LogP contribution in [0.1, 0.15) is 11.4 Å². The van der Waals surface area contributed by atoms with Crippen molar-refractivity contribution in [3.8, 4) is 10.6 Å². The first-order valence-electron chi connectivity index (χ1n) is 5.54. The second-order valence-corrected chi connectivity index (χ2v) is 5.88. The Balaban J connectivity index is 1.92.